The molecule has 2 aliphatic heterocycles. The molecular weight excluding hydrogens is 331 g/mol. The Morgan fingerprint density at radius 3 is 2.88 bits per heavy atom. The number of rotatable bonds is 4. The summed E-state index contributed by atoms with van der Waals surface area (Å²) < 4.78 is 18.5. The lowest BCUT2D eigenvalue weighted by atomic mass is 10.0. The van der Waals surface area contributed by atoms with Crippen LogP contribution in [0.3, 0.4) is 0 Å². The number of carboxylic acids is 1. The largest absolute Gasteiger partial charge is 0.480 e. The number of hydrogen-bond acceptors (Lipinski definition) is 4. The topological polar surface area (TPSA) is 87.2 Å². The van der Waals surface area contributed by atoms with E-state index in [1.165, 1.54) is 21.9 Å². The number of aliphatic carboxylic acids is 1. The molecule has 0 aliphatic carbocycles. The zero-order valence-electron chi connectivity index (χ0n) is 13.6. The summed E-state index contributed by atoms with van der Waals surface area (Å²) in [5.74, 6) is -1.92. The number of halogens is 1. The van der Waals surface area contributed by atoms with Crippen molar-refractivity contribution >= 4 is 23.5 Å². The summed E-state index contributed by atoms with van der Waals surface area (Å²) in [6.07, 6.45) is 0.743. The molecule has 25 heavy (non-hydrogen) atoms. The predicted molar refractivity (Wildman–Crippen MR) is 85.6 cm³/mol. The zero-order valence-corrected chi connectivity index (χ0v) is 13.6. The fraction of sp³-hybridized carbons (Fsp3) is 0.471. The second-order valence-electron chi connectivity index (χ2n) is 6.08. The Hall–Kier alpha value is -2.48. The summed E-state index contributed by atoms with van der Waals surface area (Å²) in [4.78, 5) is 38.6. The highest BCUT2D eigenvalue weighted by Crippen LogP contribution is 2.28. The Kier molecular flexibility index (Phi) is 4.98. The van der Waals surface area contributed by atoms with Crippen LogP contribution in [0.4, 0.5) is 10.1 Å². The number of amides is 2. The number of benzene rings is 1. The zero-order chi connectivity index (χ0) is 18.0. The first-order chi connectivity index (χ1) is 12.0. The first kappa shape index (κ1) is 17.3. The van der Waals surface area contributed by atoms with Crippen LogP contribution >= 0.6 is 0 Å². The lowest BCUT2D eigenvalue weighted by Gasteiger charge is -2.34. The van der Waals surface area contributed by atoms with E-state index in [1.54, 1.807) is 6.07 Å². The maximum Gasteiger partial charge on any atom is 0.328 e. The van der Waals surface area contributed by atoms with Gasteiger partial charge in [-0.1, -0.05) is 0 Å². The summed E-state index contributed by atoms with van der Waals surface area (Å²) in [7, 11) is 0. The number of ether oxygens (including phenoxy) is 1. The Morgan fingerprint density at radius 1 is 1.32 bits per heavy atom. The molecule has 0 spiro atoms. The van der Waals surface area contributed by atoms with Crippen LogP contribution in [-0.2, 0) is 25.5 Å². The van der Waals surface area contributed by atoms with Gasteiger partial charge in [-0.05, 0) is 30.2 Å². The van der Waals surface area contributed by atoms with Crippen molar-refractivity contribution in [3.8, 4) is 0 Å². The van der Waals surface area contributed by atoms with Crippen LogP contribution < -0.4 is 4.90 Å². The maximum absolute atomic E-state index is 13.4. The predicted octanol–water partition coefficient (Wildman–Crippen LogP) is 0.807. The van der Waals surface area contributed by atoms with Gasteiger partial charge in [0.2, 0.25) is 11.8 Å². The first-order valence-electron chi connectivity index (χ1n) is 8.16. The maximum atomic E-state index is 13.4. The number of aryl methyl sites for hydroxylation is 1. The van der Waals surface area contributed by atoms with Crippen LogP contribution in [0.25, 0.3) is 0 Å². The number of fused-ring (bicyclic) bond motifs is 1. The third-order valence-corrected chi connectivity index (χ3v) is 4.52. The molecule has 1 aromatic rings. The van der Waals surface area contributed by atoms with Gasteiger partial charge in [-0.25, -0.2) is 9.18 Å². The van der Waals surface area contributed by atoms with Gasteiger partial charge in [-0.2, -0.15) is 0 Å². The molecule has 8 heteroatoms. The Balaban J connectivity index is 1.69. The number of carbonyl (C=O) groups excluding carboxylic acids is 2. The van der Waals surface area contributed by atoms with Gasteiger partial charge in [0.25, 0.3) is 0 Å². The van der Waals surface area contributed by atoms with Crippen LogP contribution in [0.5, 0.6) is 0 Å². The number of anilines is 1. The van der Waals surface area contributed by atoms with Gasteiger partial charge in [0.05, 0.1) is 13.2 Å². The molecule has 0 radical (unpaired) electrons. The van der Waals surface area contributed by atoms with Crippen molar-refractivity contribution in [2.45, 2.75) is 25.3 Å². The van der Waals surface area contributed by atoms with Crippen molar-refractivity contribution in [2.24, 2.45) is 0 Å². The molecule has 1 fully saturated rings. The van der Waals surface area contributed by atoms with Gasteiger partial charge < -0.3 is 19.6 Å². The molecule has 0 aromatic heterocycles. The van der Waals surface area contributed by atoms with Gasteiger partial charge in [0.15, 0.2) is 6.04 Å². The molecule has 0 bridgehead atoms. The lowest BCUT2D eigenvalue weighted by molar-refractivity contribution is -0.158. The van der Waals surface area contributed by atoms with Crippen LogP contribution in [0.15, 0.2) is 18.2 Å². The minimum Gasteiger partial charge on any atom is -0.480 e. The van der Waals surface area contributed by atoms with E-state index in [9.17, 15) is 23.9 Å². The Morgan fingerprint density at radius 2 is 2.12 bits per heavy atom. The molecule has 2 aliphatic rings. The molecule has 7 nitrogen and oxygen atoms in total. The number of carboxylic acid groups (broad SMARTS) is 1. The van der Waals surface area contributed by atoms with Crippen molar-refractivity contribution in [1.29, 1.82) is 0 Å². The standard InChI is InChI=1S/C17H19FN2O5/c18-12-2-3-13-11(9-12)1-4-15(21)19(13)6-5-16(22)20-7-8-25-10-14(20)17(23)24/h2-3,9,14H,1,4-8,10H2,(H,23,24). The summed E-state index contributed by atoms with van der Waals surface area (Å²) >= 11 is 0. The Labute approximate surface area is 144 Å². The summed E-state index contributed by atoms with van der Waals surface area (Å²) in [5.41, 5.74) is 1.35. The van der Waals surface area contributed by atoms with E-state index in [4.69, 9.17) is 4.74 Å². The highest BCUT2D eigenvalue weighted by molar-refractivity contribution is 5.97. The van der Waals surface area contributed by atoms with Crippen molar-refractivity contribution < 1.29 is 28.6 Å². The van der Waals surface area contributed by atoms with E-state index >= 15 is 0 Å². The summed E-state index contributed by atoms with van der Waals surface area (Å²) in [6, 6.07) is 3.23. The second-order valence-corrected chi connectivity index (χ2v) is 6.08. The van der Waals surface area contributed by atoms with Crippen LogP contribution in [-0.4, -0.2) is 60.1 Å². The van der Waals surface area contributed by atoms with E-state index < -0.39 is 12.0 Å². The molecule has 2 amide bonds. The summed E-state index contributed by atoms with van der Waals surface area (Å²) in [6.45, 7) is 0.609. The molecular formula is C17H19FN2O5. The van der Waals surface area contributed by atoms with Crippen molar-refractivity contribution in [2.75, 3.05) is 31.2 Å². The van der Waals surface area contributed by atoms with E-state index in [0.717, 1.165) is 5.56 Å². The molecule has 1 unspecified atom stereocenters. The van der Waals surface area contributed by atoms with E-state index in [-0.39, 0.29) is 50.2 Å². The van der Waals surface area contributed by atoms with Crippen LogP contribution in [0.1, 0.15) is 18.4 Å². The molecule has 134 valence electrons. The second kappa shape index (κ2) is 7.18. The van der Waals surface area contributed by atoms with Gasteiger partial charge in [-0.3, -0.25) is 9.59 Å². The average Bonchev–Trinajstić information content (AvgIpc) is 2.60. The molecule has 1 aromatic carbocycles. The minimum absolute atomic E-state index is 0.00629. The molecule has 3 rings (SSSR count). The molecule has 1 saturated heterocycles. The van der Waals surface area contributed by atoms with Crippen molar-refractivity contribution in [3.05, 3.63) is 29.6 Å². The van der Waals surface area contributed by atoms with Gasteiger partial charge in [0, 0.05) is 31.6 Å². The van der Waals surface area contributed by atoms with E-state index in [1.807, 2.05) is 0 Å². The van der Waals surface area contributed by atoms with Gasteiger partial charge in [0.1, 0.15) is 5.82 Å². The average molecular weight is 350 g/mol. The fourth-order valence-electron chi connectivity index (χ4n) is 3.23. The molecule has 1 N–H and O–H groups in total. The SMILES string of the molecule is O=C(O)C1COCCN1C(=O)CCN1C(=O)CCc2cc(F)ccc21. The lowest BCUT2D eigenvalue weighted by Crippen LogP contribution is -2.53. The third-order valence-electron chi connectivity index (χ3n) is 4.52. The molecule has 0 saturated carbocycles. The fourth-order valence-corrected chi connectivity index (χ4v) is 3.23. The van der Waals surface area contributed by atoms with E-state index in [2.05, 4.69) is 0 Å². The minimum atomic E-state index is -1.11. The van der Waals surface area contributed by atoms with Crippen molar-refractivity contribution in [1.82, 2.24) is 4.90 Å². The smallest absolute Gasteiger partial charge is 0.328 e. The van der Waals surface area contributed by atoms with E-state index in [0.29, 0.717) is 18.7 Å². The number of hydrogen-bond donors (Lipinski definition) is 1. The number of nitrogens with zero attached hydrogens (tertiary/aromatic N) is 2. The number of morpholine rings is 1. The van der Waals surface area contributed by atoms with Crippen LogP contribution in [0, 0.1) is 5.82 Å². The first-order valence-corrected chi connectivity index (χ1v) is 8.16. The molecule has 1 atom stereocenters. The Bertz CT molecular complexity index is 708. The third kappa shape index (κ3) is 3.63. The van der Waals surface area contributed by atoms with Crippen molar-refractivity contribution in [3.63, 3.8) is 0 Å². The monoisotopic (exact) mass is 350 g/mol. The number of carbonyl (C=O) groups is 3. The quantitative estimate of drug-likeness (QED) is 0.868. The molecule has 2 heterocycles. The van der Waals surface area contributed by atoms with Gasteiger partial charge in [-0.15, -0.1) is 0 Å². The normalized spacial score (nSPS) is 20.4. The van der Waals surface area contributed by atoms with Crippen LogP contribution in [0.2, 0.25) is 0 Å². The highest BCUT2D eigenvalue weighted by Gasteiger charge is 2.33. The highest BCUT2D eigenvalue weighted by atomic mass is 19.1. The van der Waals surface area contributed by atoms with Gasteiger partial charge >= 0.3 is 5.97 Å². The summed E-state index contributed by atoms with van der Waals surface area (Å²) in [5, 5.41) is 9.20.